The normalized spacial score (nSPS) is 13.1. The van der Waals surface area contributed by atoms with E-state index < -0.39 is 14.1 Å². The van der Waals surface area contributed by atoms with E-state index in [9.17, 15) is 0 Å². The second-order valence-electron chi connectivity index (χ2n) is 3.33. The quantitative estimate of drug-likeness (QED) is 0.598. The molecule has 1 atom stereocenters. The summed E-state index contributed by atoms with van der Waals surface area (Å²) < 4.78 is 5.54. The molecule has 0 aliphatic heterocycles. The molecule has 0 aliphatic carbocycles. The Morgan fingerprint density at radius 2 is 1.69 bits per heavy atom. The second-order valence-corrected chi connectivity index (χ2v) is 9.82. The molecule has 0 N–H and O–H groups in total. The molecule has 16 heavy (non-hydrogen) atoms. The first-order valence-corrected chi connectivity index (χ1v) is 10.5. The van der Waals surface area contributed by atoms with Gasteiger partial charge in [-0.3, -0.25) is 0 Å². The molecule has 1 rings (SSSR count). The van der Waals surface area contributed by atoms with Gasteiger partial charge in [0.05, 0.1) is 13.2 Å². The lowest BCUT2D eigenvalue weighted by Crippen LogP contribution is -1.90. The van der Waals surface area contributed by atoms with E-state index in [0.717, 1.165) is 17.9 Å². The Hall–Kier alpha value is 0.910. The minimum atomic E-state index is -0.925. The Bertz CT molecular complexity index is 305. The van der Waals surface area contributed by atoms with Crippen LogP contribution in [-0.2, 0) is 11.1 Å². The molecule has 6 heteroatoms. The average Bonchev–Trinajstić information content (AvgIpc) is 2.25. The van der Waals surface area contributed by atoms with Crippen LogP contribution >= 0.6 is 47.9 Å². The molecule has 90 valence electrons. The molecule has 0 bridgehead atoms. The molecular formula is C10H13Cl3OP2. The molecule has 1 aromatic carbocycles. The van der Waals surface area contributed by atoms with Gasteiger partial charge in [-0.05, 0) is 12.5 Å². The van der Waals surface area contributed by atoms with Crippen LogP contribution in [0.1, 0.15) is 11.1 Å². The SMILES string of the molecule is Cc1ccc(COP(Cl)CCP(Cl)Cl)cc1. The van der Waals surface area contributed by atoms with Crippen LogP contribution in [0.5, 0.6) is 0 Å². The molecule has 1 nitrogen and oxygen atoms in total. The Kier molecular flexibility index (Phi) is 7.57. The summed E-state index contributed by atoms with van der Waals surface area (Å²) in [7, 11) is -0.925. The summed E-state index contributed by atoms with van der Waals surface area (Å²) in [6.07, 6.45) is 1.49. The van der Waals surface area contributed by atoms with Crippen LogP contribution in [0.4, 0.5) is 0 Å². The molecule has 0 spiro atoms. The molecule has 0 amide bonds. The molecule has 0 saturated carbocycles. The molecule has 0 heterocycles. The fourth-order valence-electron chi connectivity index (χ4n) is 1.05. The van der Waals surface area contributed by atoms with Crippen molar-refractivity contribution < 1.29 is 4.52 Å². The molecular weight excluding hydrogens is 304 g/mol. The fraction of sp³-hybridized carbons (Fsp3) is 0.400. The van der Waals surface area contributed by atoms with Gasteiger partial charge in [0.15, 0.2) is 0 Å². The molecule has 0 saturated heterocycles. The summed E-state index contributed by atoms with van der Waals surface area (Å²) in [6, 6.07) is 8.22. The van der Waals surface area contributed by atoms with E-state index in [2.05, 4.69) is 19.1 Å². The van der Waals surface area contributed by atoms with E-state index in [4.69, 9.17) is 38.2 Å². The van der Waals surface area contributed by atoms with E-state index in [1.54, 1.807) is 0 Å². The first kappa shape index (κ1) is 15.0. The predicted molar refractivity (Wildman–Crippen MR) is 77.1 cm³/mol. The van der Waals surface area contributed by atoms with Gasteiger partial charge in [0, 0.05) is 12.3 Å². The third kappa shape index (κ3) is 6.60. The van der Waals surface area contributed by atoms with Gasteiger partial charge >= 0.3 is 0 Å². The van der Waals surface area contributed by atoms with Crippen molar-refractivity contribution in [3.63, 3.8) is 0 Å². The topological polar surface area (TPSA) is 9.23 Å². The summed E-state index contributed by atoms with van der Waals surface area (Å²) >= 11 is 17.4. The zero-order valence-corrected chi connectivity index (χ0v) is 12.9. The van der Waals surface area contributed by atoms with Crippen molar-refractivity contribution in [1.29, 1.82) is 0 Å². The maximum atomic E-state index is 6.04. The zero-order chi connectivity index (χ0) is 12.0. The van der Waals surface area contributed by atoms with Gasteiger partial charge in [0.2, 0.25) is 0 Å². The fourth-order valence-corrected chi connectivity index (χ4v) is 4.89. The number of halogens is 3. The third-order valence-corrected chi connectivity index (χ3v) is 5.65. The summed E-state index contributed by atoms with van der Waals surface area (Å²) in [4.78, 5) is 0. The smallest absolute Gasteiger partial charge is 0.125 e. The van der Waals surface area contributed by atoms with E-state index in [0.29, 0.717) is 6.61 Å². The lowest BCUT2D eigenvalue weighted by molar-refractivity contribution is 0.349. The maximum Gasteiger partial charge on any atom is 0.125 e. The van der Waals surface area contributed by atoms with E-state index in [1.807, 2.05) is 12.1 Å². The highest BCUT2D eigenvalue weighted by atomic mass is 35.9. The van der Waals surface area contributed by atoms with Crippen molar-refractivity contribution >= 4 is 47.9 Å². The monoisotopic (exact) mass is 316 g/mol. The van der Waals surface area contributed by atoms with Crippen molar-refractivity contribution in [3.05, 3.63) is 35.4 Å². The number of benzene rings is 1. The Labute approximate surface area is 113 Å². The van der Waals surface area contributed by atoms with Crippen molar-refractivity contribution in [3.8, 4) is 0 Å². The van der Waals surface area contributed by atoms with E-state index >= 15 is 0 Å². The van der Waals surface area contributed by atoms with Gasteiger partial charge < -0.3 is 4.52 Å². The largest absolute Gasteiger partial charge is 0.338 e. The summed E-state index contributed by atoms with van der Waals surface area (Å²) in [5.41, 5.74) is 2.38. The van der Waals surface area contributed by atoms with Crippen LogP contribution in [0.3, 0.4) is 0 Å². The lowest BCUT2D eigenvalue weighted by atomic mass is 10.2. The van der Waals surface area contributed by atoms with Gasteiger partial charge in [-0.15, -0.1) is 0 Å². The molecule has 0 radical (unpaired) electrons. The average molecular weight is 318 g/mol. The Morgan fingerprint density at radius 1 is 1.06 bits per heavy atom. The molecule has 1 aromatic rings. The van der Waals surface area contributed by atoms with Crippen molar-refractivity contribution in [2.45, 2.75) is 13.5 Å². The standard InChI is InChI=1S/C10H13Cl3OP2/c1-9-2-4-10(5-3-9)8-14-16(13)7-6-15(11)12/h2-5H,6-8H2,1H3. The number of aryl methyl sites for hydroxylation is 1. The highest BCUT2D eigenvalue weighted by Crippen LogP contribution is 2.52. The first-order valence-electron chi connectivity index (χ1n) is 4.79. The summed E-state index contributed by atoms with van der Waals surface area (Å²) in [5.74, 6) is 0. The number of hydrogen-bond donors (Lipinski definition) is 0. The molecule has 0 aromatic heterocycles. The van der Waals surface area contributed by atoms with E-state index in [1.165, 1.54) is 5.56 Å². The second kappa shape index (κ2) is 8.09. The van der Waals surface area contributed by atoms with Crippen LogP contribution in [0.15, 0.2) is 24.3 Å². The minimum Gasteiger partial charge on any atom is -0.338 e. The number of hydrogen-bond acceptors (Lipinski definition) is 1. The molecule has 0 fully saturated rings. The number of rotatable bonds is 6. The van der Waals surface area contributed by atoms with Gasteiger partial charge in [-0.2, -0.15) is 0 Å². The Morgan fingerprint density at radius 3 is 2.25 bits per heavy atom. The predicted octanol–water partition coefficient (Wildman–Crippen LogP) is 5.85. The maximum absolute atomic E-state index is 6.04. The van der Waals surface area contributed by atoms with Crippen LogP contribution in [0.25, 0.3) is 0 Å². The molecule has 0 aliphatic rings. The van der Waals surface area contributed by atoms with Gasteiger partial charge in [-0.1, -0.05) is 63.6 Å². The summed E-state index contributed by atoms with van der Waals surface area (Å²) in [6.45, 7) is 1.71. The van der Waals surface area contributed by atoms with Crippen molar-refractivity contribution in [2.75, 3.05) is 12.3 Å². The zero-order valence-electron chi connectivity index (χ0n) is 8.87. The van der Waals surface area contributed by atoms with Gasteiger partial charge in [0.1, 0.15) is 7.50 Å². The minimum absolute atomic E-state index is 0.554. The summed E-state index contributed by atoms with van der Waals surface area (Å²) in [5, 5.41) is 0. The van der Waals surface area contributed by atoms with E-state index in [-0.39, 0.29) is 0 Å². The highest BCUT2D eigenvalue weighted by molar-refractivity contribution is 8.04. The van der Waals surface area contributed by atoms with Gasteiger partial charge in [-0.25, -0.2) is 0 Å². The van der Waals surface area contributed by atoms with Crippen LogP contribution in [0, 0.1) is 6.92 Å². The lowest BCUT2D eigenvalue weighted by Gasteiger charge is -2.10. The molecule has 1 unspecified atom stereocenters. The van der Waals surface area contributed by atoms with Gasteiger partial charge in [0.25, 0.3) is 0 Å². The third-order valence-electron chi connectivity index (χ3n) is 1.94. The van der Waals surface area contributed by atoms with Crippen LogP contribution < -0.4 is 0 Å². The van der Waals surface area contributed by atoms with Crippen LogP contribution in [0.2, 0.25) is 0 Å². The van der Waals surface area contributed by atoms with Crippen molar-refractivity contribution in [1.82, 2.24) is 0 Å². The van der Waals surface area contributed by atoms with Crippen LogP contribution in [-0.4, -0.2) is 12.3 Å². The van der Waals surface area contributed by atoms with Crippen molar-refractivity contribution in [2.24, 2.45) is 0 Å². The first-order chi connectivity index (χ1) is 7.58. The highest BCUT2D eigenvalue weighted by Gasteiger charge is 2.08. The Balaban J connectivity index is 2.26.